The molecule has 4 fully saturated rings. The van der Waals surface area contributed by atoms with Crippen molar-refractivity contribution in [2.75, 3.05) is 0 Å². The molecule has 0 aliphatic heterocycles. The third-order valence-corrected chi connectivity index (χ3v) is 8.97. The first-order valence-corrected chi connectivity index (χ1v) is 11.1. The van der Waals surface area contributed by atoms with Crippen LogP contribution >= 0.6 is 0 Å². The molecule has 4 bridgehead atoms. The number of aliphatic hydroxyl groups is 1. The van der Waals surface area contributed by atoms with E-state index in [9.17, 15) is 9.32 Å². The highest BCUT2D eigenvalue weighted by Crippen LogP contribution is 2.62. The van der Waals surface area contributed by atoms with Gasteiger partial charge in [-0.2, -0.15) is 0 Å². The van der Waals surface area contributed by atoms with Crippen LogP contribution < -0.4 is 0 Å². The molecule has 6 rings (SSSR count). The van der Waals surface area contributed by atoms with Gasteiger partial charge in [0.25, 0.3) is 0 Å². The van der Waals surface area contributed by atoms with E-state index in [1.54, 1.807) is 0 Å². The number of hydrogen-bond donors (Lipinski definition) is 1. The highest BCUT2D eigenvalue weighted by Gasteiger charge is 2.61. The number of benzene rings is 2. The summed E-state index contributed by atoms with van der Waals surface area (Å²) in [5, 5.41) is 11.8. The molecule has 4 saturated carbocycles. The predicted octanol–water partition coefficient (Wildman–Crippen LogP) is 4.72. The molecule has 2 aromatic carbocycles. The lowest BCUT2D eigenvalue weighted by Crippen LogP contribution is -2.61. The Morgan fingerprint density at radius 2 is 1.31 bits per heavy atom. The molecule has 0 radical (unpaired) electrons. The molecule has 0 aromatic heterocycles. The lowest BCUT2D eigenvalue weighted by molar-refractivity contribution is -0.173. The molecule has 2 atom stereocenters. The van der Waals surface area contributed by atoms with Gasteiger partial charge in [0.1, 0.15) is 0 Å². The van der Waals surface area contributed by atoms with Crippen molar-refractivity contribution in [2.24, 2.45) is 23.7 Å². The quantitative estimate of drug-likeness (QED) is 0.850. The molecular weight excluding hydrogens is 340 g/mol. The van der Waals surface area contributed by atoms with Crippen molar-refractivity contribution in [2.45, 2.75) is 47.9 Å². The molecular formula is C23H26O2S. The fraction of sp³-hybridized carbons (Fsp3) is 0.478. The van der Waals surface area contributed by atoms with Gasteiger partial charge in [-0.05, 0) is 73.5 Å². The monoisotopic (exact) mass is 366 g/mol. The zero-order chi connectivity index (χ0) is 17.7. The summed E-state index contributed by atoms with van der Waals surface area (Å²) < 4.78 is 13.7. The Balaban J connectivity index is 1.61. The smallest absolute Gasteiger partial charge is 0.0936 e. The van der Waals surface area contributed by atoms with E-state index in [1.807, 2.05) is 48.5 Å². The van der Waals surface area contributed by atoms with E-state index in [4.69, 9.17) is 0 Å². The minimum atomic E-state index is -1.26. The molecule has 0 saturated heterocycles. The first-order valence-electron chi connectivity index (χ1n) is 9.89. The van der Waals surface area contributed by atoms with Crippen LogP contribution in [0.2, 0.25) is 0 Å². The van der Waals surface area contributed by atoms with Gasteiger partial charge >= 0.3 is 0 Å². The Morgan fingerprint density at radius 1 is 0.808 bits per heavy atom. The number of rotatable bonds is 4. The van der Waals surface area contributed by atoms with Crippen molar-refractivity contribution < 1.29 is 9.32 Å². The van der Waals surface area contributed by atoms with Crippen molar-refractivity contribution in [3.8, 4) is 0 Å². The fourth-order valence-electron chi connectivity index (χ4n) is 6.25. The van der Waals surface area contributed by atoms with E-state index in [0.29, 0.717) is 0 Å². The molecule has 4 aliphatic carbocycles. The number of hydrogen-bond acceptors (Lipinski definition) is 2. The van der Waals surface area contributed by atoms with Gasteiger partial charge in [-0.1, -0.05) is 48.5 Å². The van der Waals surface area contributed by atoms with Gasteiger partial charge < -0.3 is 5.11 Å². The summed E-state index contributed by atoms with van der Waals surface area (Å²) in [6.07, 6.45) is 5.79. The van der Waals surface area contributed by atoms with E-state index in [1.165, 1.54) is 6.42 Å². The van der Waals surface area contributed by atoms with Crippen molar-refractivity contribution >= 4 is 10.8 Å². The average Bonchev–Trinajstić information content (AvgIpc) is 2.67. The van der Waals surface area contributed by atoms with E-state index in [0.717, 1.165) is 48.0 Å². The maximum absolute atomic E-state index is 13.7. The molecule has 0 spiro atoms. The standard InChI is InChI=1S/C23H26O2S/c24-23(19-12-16-11-17(14-19)15-20(23)13-16)22(18-7-3-1-4-8-18)26(25)21-9-5-2-6-10-21/h1-10,16-17,19-20,22,24H,11-15H2. The lowest BCUT2D eigenvalue weighted by atomic mass is 9.49. The van der Waals surface area contributed by atoms with Crippen LogP contribution in [0.3, 0.4) is 0 Å². The van der Waals surface area contributed by atoms with Crippen LogP contribution in [-0.4, -0.2) is 14.9 Å². The Bertz CT molecular complexity index is 773. The summed E-state index contributed by atoms with van der Waals surface area (Å²) in [5.74, 6) is 2.13. The van der Waals surface area contributed by atoms with Gasteiger partial charge in [-0.15, -0.1) is 0 Å². The normalized spacial score (nSPS) is 37.4. The summed E-state index contributed by atoms with van der Waals surface area (Å²) >= 11 is 0. The van der Waals surface area contributed by atoms with E-state index in [2.05, 4.69) is 12.1 Å². The maximum atomic E-state index is 13.7. The fourth-order valence-corrected chi connectivity index (χ4v) is 8.08. The Morgan fingerprint density at radius 3 is 1.85 bits per heavy atom. The zero-order valence-electron chi connectivity index (χ0n) is 15.0. The van der Waals surface area contributed by atoms with Crippen LogP contribution in [0.1, 0.15) is 42.9 Å². The van der Waals surface area contributed by atoms with Crippen molar-refractivity contribution in [1.82, 2.24) is 0 Å². The second-order valence-corrected chi connectivity index (χ2v) is 10.1. The Hall–Kier alpha value is -1.45. The summed E-state index contributed by atoms with van der Waals surface area (Å²) in [6.45, 7) is 0. The maximum Gasteiger partial charge on any atom is 0.0936 e. The molecule has 26 heavy (non-hydrogen) atoms. The Kier molecular flexibility index (Phi) is 4.06. The van der Waals surface area contributed by atoms with Crippen LogP contribution in [0.5, 0.6) is 0 Å². The minimum absolute atomic E-state index is 0.289. The van der Waals surface area contributed by atoms with Gasteiger partial charge in [0.05, 0.1) is 21.7 Å². The van der Waals surface area contributed by atoms with Crippen LogP contribution in [0, 0.1) is 23.7 Å². The molecule has 0 heterocycles. The molecule has 2 aromatic rings. The highest BCUT2D eigenvalue weighted by atomic mass is 32.2. The minimum Gasteiger partial charge on any atom is -0.388 e. The van der Waals surface area contributed by atoms with E-state index >= 15 is 0 Å². The molecule has 4 aliphatic rings. The van der Waals surface area contributed by atoms with Gasteiger partial charge in [0, 0.05) is 4.90 Å². The summed E-state index contributed by atoms with van der Waals surface area (Å²) in [6, 6.07) is 19.8. The summed E-state index contributed by atoms with van der Waals surface area (Å²) in [5.41, 5.74) is 0.166. The second kappa shape index (κ2) is 6.31. The van der Waals surface area contributed by atoms with Gasteiger partial charge in [-0.3, -0.25) is 4.21 Å². The van der Waals surface area contributed by atoms with Crippen LogP contribution in [0.15, 0.2) is 65.6 Å². The summed E-state index contributed by atoms with van der Waals surface area (Å²) in [7, 11) is -1.26. The highest BCUT2D eigenvalue weighted by molar-refractivity contribution is 7.85. The zero-order valence-corrected chi connectivity index (χ0v) is 15.8. The van der Waals surface area contributed by atoms with Gasteiger partial charge in [-0.25, -0.2) is 0 Å². The molecule has 1 N–H and O–H groups in total. The average molecular weight is 367 g/mol. The molecule has 0 amide bonds. The van der Waals surface area contributed by atoms with Crippen molar-refractivity contribution in [1.29, 1.82) is 0 Å². The largest absolute Gasteiger partial charge is 0.388 e. The molecule has 136 valence electrons. The second-order valence-electron chi connectivity index (χ2n) is 8.59. The third-order valence-electron chi connectivity index (χ3n) is 7.16. The van der Waals surface area contributed by atoms with Crippen LogP contribution in [0.25, 0.3) is 0 Å². The topological polar surface area (TPSA) is 37.3 Å². The predicted molar refractivity (Wildman–Crippen MR) is 104 cm³/mol. The lowest BCUT2D eigenvalue weighted by Gasteiger charge is -2.61. The molecule has 2 unspecified atom stereocenters. The first kappa shape index (κ1) is 16.7. The van der Waals surface area contributed by atoms with Crippen molar-refractivity contribution in [3.63, 3.8) is 0 Å². The van der Waals surface area contributed by atoms with E-state index in [-0.39, 0.29) is 17.1 Å². The summed E-state index contributed by atoms with van der Waals surface area (Å²) in [4.78, 5) is 0.823. The Labute approximate surface area is 158 Å². The third kappa shape index (κ3) is 2.51. The SMILES string of the molecule is O=S(c1ccccc1)C(c1ccccc1)C1(O)C2CC3CC(C2)CC1C3. The van der Waals surface area contributed by atoms with Crippen LogP contribution in [0.4, 0.5) is 0 Å². The van der Waals surface area contributed by atoms with Crippen LogP contribution in [-0.2, 0) is 10.8 Å². The van der Waals surface area contributed by atoms with Gasteiger partial charge in [0.15, 0.2) is 0 Å². The van der Waals surface area contributed by atoms with Gasteiger partial charge in [0.2, 0.25) is 0 Å². The molecule has 2 nitrogen and oxygen atoms in total. The molecule has 3 heteroatoms. The van der Waals surface area contributed by atoms with E-state index < -0.39 is 16.4 Å². The van der Waals surface area contributed by atoms with Crippen molar-refractivity contribution in [3.05, 3.63) is 66.2 Å². The first-order chi connectivity index (χ1) is 12.7.